The quantitative estimate of drug-likeness (QED) is 0.746. The van der Waals surface area contributed by atoms with Gasteiger partial charge in [0.1, 0.15) is 6.04 Å². The maximum absolute atomic E-state index is 12.2. The van der Waals surface area contributed by atoms with Crippen molar-refractivity contribution < 1.29 is 19.2 Å². The first-order chi connectivity index (χ1) is 9.66. The molecule has 3 aliphatic rings. The molecule has 3 aliphatic heterocycles. The Labute approximate surface area is 118 Å². The molecule has 2 bridgehead atoms. The minimum Gasteiger partial charge on any atom is -0.381 e. The van der Waals surface area contributed by atoms with Gasteiger partial charge >= 0.3 is 6.03 Å². The molecule has 0 aromatic heterocycles. The van der Waals surface area contributed by atoms with Crippen LogP contribution in [0.4, 0.5) is 4.79 Å². The van der Waals surface area contributed by atoms with Crippen LogP contribution < -0.4 is 5.48 Å². The first kappa shape index (κ1) is 13.6. The molecule has 1 N–H and O–H groups in total. The van der Waals surface area contributed by atoms with Gasteiger partial charge in [0.15, 0.2) is 0 Å². The average molecular weight is 283 g/mol. The van der Waals surface area contributed by atoms with Crippen molar-refractivity contribution >= 4 is 11.9 Å². The minimum absolute atomic E-state index is 0.0148. The second kappa shape index (κ2) is 5.57. The average Bonchev–Trinajstić information content (AvgIpc) is 2.71. The summed E-state index contributed by atoms with van der Waals surface area (Å²) in [6, 6.07) is -0.204. The lowest BCUT2D eigenvalue weighted by Gasteiger charge is -2.30. The van der Waals surface area contributed by atoms with Gasteiger partial charge in [-0.2, -0.15) is 0 Å². The van der Waals surface area contributed by atoms with Gasteiger partial charge in [-0.15, -0.1) is 0 Å². The topological polar surface area (TPSA) is 71.1 Å². The molecule has 0 saturated carbocycles. The molecule has 3 fully saturated rings. The number of hydrogen-bond acceptors (Lipinski definition) is 4. The van der Waals surface area contributed by atoms with Crippen LogP contribution in [0.25, 0.3) is 0 Å². The molecule has 0 aliphatic carbocycles. The number of ether oxygens (including phenoxy) is 1. The van der Waals surface area contributed by atoms with E-state index in [-0.39, 0.29) is 24.1 Å². The van der Waals surface area contributed by atoms with Crippen molar-refractivity contribution in [3.63, 3.8) is 0 Å². The second-order valence-electron chi connectivity index (χ2n) is 5.69. The van der Waals surface area contributed by atoms with Crippen LogP contribution in [0.5, 0.6) is 0 Å². The first-order valence-electron chi connectivity index (χ1n) is 7.23. The highest BCUT2D eigenvalue weighted by atomic mass is 16.7. The molecule has 3 amide bonds. The summed E-state index contributed by atoms with van der Waals surface area (Å²) in [5.74, 6) is -0.210. The highest BCUT2D eigenvalue weighted by Crippen LogP contribution is 2.28. The Morgan fingerprint density at radius 3 is 2.80 bits per heavy atom. The van der Waals surface area contributed by atoms with E-state index in [0.29, 0.717) is 26.2 Å². The number of piperidine rings is 1. The normalized spacial score (nSPS) is 30.8. The highest BCUT2D eigenvalue weighted by molar-refractivity contribution is 5.88. The number of nitrogens with zero attached hydrogens (tertiary/aromatic N) is 2. The van der Waals surface area contributed by atoms with Crippen molar-refractivity contribution in [3.8, 4) is 0 Å². The molecular formula is C13H21N3O4. The molecule has 2 atom stereocenters. The van der Waals surface area contributed by atoms with Gasteiger partial charge in [0, 0.05) is 26.8 Å². The predicted molar refractivity (Wildman–Crippen MR) is 69.7 cm³/mol. The number of nitrogens with one attached hydrogen (secondary N) is 1. The zero-order valence-electron chi connectivity index (χ0n) is 11.7. The van der Waals surface area contributed by atoms with Gasteiger partial charge in [-0.1, -0.05) is 0 Å². The summed E-state index contributed by atoms with van der Waals surface area (Å²) >= 11 is 0. The third-order valence-electron chi connectivity index (χ3n) is 4.45. The summed E-state index contributed by atoms with van der Waals surface area (Å²) < 4.78 is 5.24. The number of carbonyl (C=O) groups is 2. The Balaban J connectivity index is 1.53. The van der Waals surface area contributed by atoms with Gasteiger partial charge < -0.3 is 14.5 Å². The summed E-state index contributed by atoms with van der Waals surface area (Å²) in [6.45, 7) is 1.98. The lowest BCUT2D eigenvalue weighted by molar-refractivity contribution is -0.148. The maximum Gasteiger partial charge on any atom is 0.320 e. The standard InChI is InChI=1S/C13H21N3O4/c1-15-9-2-3-11(16(8-9)13(15)18)12(17)14-20-10-4-6-19-7-5-10/h9-11H,2-8H2,1H3,(H,14,17)/t9-,11+/m1/s1. The summed E-state index contributed by atoms with van der Waals surface area (Å²) in [5, 5.41) is 0. The van der Waals surface area contributed by atoms with E-state index in [9.17, 15) is 9.59 Å². The first-order valence-corrected chi connectivity index (χ1v) is 7.23. The summed E-state index contributed by atoms with van der Waals surface area (Å²) in [7, 11) is 1.80. The van der Waals surface area contributed by atoms with E-state index >= 15 is 0 Å². The fourth-order valence-electron chi connectivity index (χ4n) is 3.11. The SMILES string of the molecule is CN1C(=O)N2C[C@H]1CC[C@H]2C(=O)NOC1CCOCC1. The van der Waals surface area contributed by atoms with Crippen molar-refractivity contribution in [1.82, 2.24) is 15.3 Å². The van der Waals surface area contributed by atoms with Crippen LogP contribution in [0.15, 0.2) is 0 Å². The molecule has 0 aromatic rings. The number of hydroxylamine groups is 1. The van der Waals surface area contributed by atoms with E-state index in [1.807, 2.05) is 0 Å². The number of amides is 3. The predicted octanol–water partition coefficient (Wildman–Crippen LogP) is 0.112. The van der Waals surface area contributed by atoms with Gasteiger partial charge in [-0.05, 0) is 25.7 Å². The molecule has 3 heterocycles. The van der Waals surface area contributed by atoms with Gasteiger partial charge in [0.2, 0.25) is 0 Å². The third-order valence-corrected chi connectivity index (χ3v) is 4.45. The fourth-order valence-corrected chi connectivity index (χ4v) is 3.11. The fraction of sp³-hybridized carbons (Fsp3) is 0.846. The van der Waals surface area contributed by atoms with Crippen LogP contribution >= 0.6 is 0 Å². The molecule has 3 saturated heterocycles. The number of urea groups is 1. The zero-order valence-corrected chi connectivity index (χ0v) is 11.7. The van der Waals surface area contributed by atoms with Crippen LogP contribution in [0, 0.1) is 0 Å². The van der Waals surface area contributed by atoms with Crippen LogP contribution in [-0.2, 0) is 14.4 Å². The molecular weight excluding hydrogens is 262 g/mol. The van der Waals surface area contributed by atoms with Gasteiger partial charge in [-0.25, -0.2) is 10.3 Å². The Morgan fingerprint density at radius 1 is 1.30 bits per heavy atom. The Hall–Kier alpha value is -1.34. The van der Waals surface area contributed by atoms with Crippen molar-refractivity contribution in [3.05, 3.63) is 0 Å². The number of fused-ring (bicyclic) bond motifs is 2. The summed E-state index contributed by atoms with van der Waals surface area (Å²) in [5.41, 5.74) is 2.53. The van der Waals surface area contributed by atoms with Crippen LogP contribution in [0.3, 0.4) is 0 Å². The van der Waals surface area contributed by atoms with E-state index in [1.165, 1.54) is 0 Å². The van der Waals surface area contributed by atoms with Crippen molar-refractivity contribution in [2.75, 3.05) is 26.8 Å². The van der Waals surface area contributed by atoms with E-state index < -0.39 is 6.04 Å². The molecule has 0 aromatic carbocycles. The summed E-state index contributed by atoms with van der Waals surface area (Å²) in [6.07, 6.45) is 3.16. The second-order valence-corrected chi connectivity index (χ2v) is 5.69. The lowest BCUT2D eigenvalue weighted by Crippen LogP contribution is -2.50. The molecule has 112 valence electrons. The van der Waals surface area contributed by atoms with Crippen molar-refractivity contribution in [1.29, 1.82) is 0 Å². The smallest absolute Gasteiger partial charge is 0.320 e. The third kappa shape index (κ3) is 2.47. The molecule has 7 nitrogen and oxygen atoms in total. The zero-order chi connectivity index (χ0) is 14.1. The Bertz CT molecular complexity index is 397. The minimum atomic E-state index is -0.399. The molecule has 7 heteroatoms. The van der Waals surface area contributed by atoms with E-state index in [0.717, 1.165) is 19.3 Å². The van der Waals surface area contributed by atoms with Crippen molar-refractivity contribution in [2.45, 2.75) is 43.9 Å². The van der Waals surface area contributed by atoms with Crippen LogP contribution in [-0.4, -0.2) is 66.7 Å². The molecule has 3 rings (SSSR count). The molecule has 0 radical (unpaired) electrons. The monoisotopic (exact) mass is 283 g/mol. The largest absolute Gasteiger partial charge is 0.381 e. The molecule has 0 unspecified atom stereocenters. The van der Waals surface area contributed by atoms with Gasteiger partial charge in [0.05, 0.1) is 12.1 Å². The number of likely N-dealkylation sites (N-methyl/N-ethyl adjacent to an activating group) is 1. The number of rotatable bonds is 3. The van der Waals surface area contributed by atoms with Crippen LogP contribution in [0.2, 0.25) is 0 Å². The molecule has 0 spiro atoms. The van der Waals surface area contributed by atoms with Gasteiger partial charge in [-0.3, -0.25) is 9.63 Å². The van der Waals surface area contributed by atoms with E-state index in [2.05, 4.69) is 5.48 Å². The Morgan fingerprint density at radius 2 is 2.05 bits per heavy atom. The van der Waals surface area contributed by atoms with Crippen LogP contribution in [0.1, 0.15) is 25.7 Å². The number of carbonyl (C=O) groups excluding carboxylic acids is 2. The Kier molecular flexibility index (Phi) is 3.80. The summed E-state index contributed by atoms with van der Waals surface area (Å²) in [4.78, 5) is 33.0. The van der Waals surface area contributed by atoms with E-state index in [4.69, 9.17) is 9.57 Å². The maximum atomic E-state index is 12.2. The number of hydrogen-bond donors (Lipinski definition) is 1. The highest BCUT2D eigenvalue weighted by Gasteiger charge is 2.45. The van der Waals surface area contributed by atoms with E-state index in [1.54, 1.807) is 16.8 Å². The van der Waals surface area contributed by atoms with Crippen molar-refractivity contribution in [2.24, 2.45) is 0 Å². The molecule has 20 heavy (non-hydrogen) atoms. The van der Waals surface area contributed by atoms with Gasteiger partial charge in [0.25, 0.3) is 5.91 Å². The lowest BCUT2D eigenvalue weighted by atomic mass is 10.0.